The topological polar surface area (TPSA) is 77.0 Å². The fourth-order valence-electron chi connectivity index (χ4n) is 3.36. The summed E-state index contributed by atoms with van der Waals surface area (Å²) in [6.45, 7) is 0.844. The van der Waals surface area contributed by atoms with Gasteiger partial charge in [0.25, 0.3) is 0 Å². The molecule has 3 aromatic carbocycles. The van der Waals surface area contributed by atoms with E-state index in [2.05, 4.69) is 15.2 Å². The molecule has 162 valence electrons. The maximum absolute atomic E-state index is 12.4. The molecule has 2 aromatic heterocycles. The van der Waals surface area contributed by atoms with E-state index in [0.29, 0.717) is 35.1 Å². The van der Waals surface area contributed by atoms with Crippen molar-refractivity contribution < 1.29 is 9.15 Å². The predicted molar refractivity (Wildman–Crippen MR) is 129 cm³/mol. The van der Waals surface area contributed by atoms with Gasteiger partial charge in [-0.3, -0.25) is 0 Å². The van der Waals surface area contributed by atoms with E-state index in [1.165, 1.54) is 11.3 Å². The summed E-state index contributed by atoms with van der Waals surface area (Å²) >= 11 is 1.32. The number of aromatic nitrogens is 1. The number of ether oxygens (including phenoxy) is 1. The van der Waals surface area contributed by atoms with E-state index in [0.717, 1.165) is 22.3 Å². The molecule has 0 saturated carbocycles. The summed E-state index contributed by atoms with van der Waals surface area (Å²) in [7, 11) is 0. The van der Waals surface area contributed by atoms with Crippen LogP contribution in [-0.2, 0) is 13.2 Å². The van der Waals surface area contributed by atoms with E-state index in [-0.39, 0.29) is 0 Å². The van der Waals surface area contributed by atoms with Crippen molar-refractivity contribution in [3.05, 3.63) is 112 Å². The maximum Gasteiger partial charge on any atom is 0.345 e. The summed E-state index contributed by atoms with van der Waals surface area (Å²) in [4.78, 5) is 16.8. The molecule has 0 N–H and O–H groups in total. The highest BCUT2D eigenvalue weighted by atomic mass is 32.1. The van der Waals surface area contributed by atoms with Crippen molar-refractivity contribution in [2.24, 2.45) is 10.2 Å². The first-order valence-electron chi connectivity index (χ1n) is 10.4. The van der Waals surface area contributed by atoms with Gasteiger partial charge in [-0.25, -0.2) is 9.78 Å². The number of nitrogens with zero attached hydrogens (tertiary/aromatic N) is 3. The van der Waals surface area contributed by atoms with Gasteiger partial charge in [0.2, 0.25) is 5.13 Å². The van der Waals surface area contributed by atoms with Gasteiger partial charge in [0.05, 0.1) is 17.8 Å². The maximum atomic E-state index is 12.4. The third-order valence-corrected chi connectivity index (χ3v) is 5.74. The van der Waals surface area contributed by atoms with Crippen LogP contribution >= 0.6 is 11.3 Å². The first kappa shape index (κ1) is 20.8. The average molecular weight is 454 g/mol. The zero-order valence-corrected chi connectivity index (χ0v) is 18.4. The Balaban J connectivity index is 1.29. The molecule has 0 unspecified atom stereocenters. The quantitative estimate of drug-likeness (QED) is 0.201. The average Bonchev–Trinajstić information content (AvgIpc) is 3.32. The molecule has 0 spiro atoms. The van der Waals surface area contributed by atoms with Gasteiger partial charge in [0, 0.05) is 16.3 Å². The molecule has 33 heavy (non-hydrogen) atoms. The monoisotopic (exact) mass is 453 g/mol. The minimum absolute atomic E-state index is 0.359. The fourth-order valence-corrected chi connectivity index (χ4v) is 4.01. The molecule has 0 aliphatic carbocycles. The molecule has 0 aliphatic rings. The lowest BCUT2D eigenvalue weighted by atomic mass is 10.1. The van der Waals surface area contributed by atoms with Crippen LogP contribution < -0.4 is 10.4 Å². The second-order valence-corrected chi connectivity index (χ2v) is 8.12. The Morgan fingerprint density at radius 1 is 0.939 bits per heavy atom. The molecule has 6 nitrogen and oxygen atoms in total. The first-order valence-corrected chi connectivity index (χ1v) is 11.3. The number of azo groups is 1. The summed E-state index contributed by atoms with van der Waals surface area (Å²) in [6, 6.07) is 27.0. The highest BCUT2D eigenvalue weighted by molar-refractivity contribution is 7.13. The highest BCUT2D eigenvalue weighted by Gasteiger charge is 2.11. The largest absolute Gasteiger partial charge is 0.489 e. The second-order valence-electron chi connectivity index (χ2n) is 7.28. The van der Waals surface area contributed by atoms with Crippen molar-refractivity contribution in [3.8, 4) is 17.0 Å². The van der Waals surface area contributed by atoms with Crippen LogP contribution in [0.1, 0.15) is 11.1 Å². The molecule has 5 rings (SSSR count). The van der Waals surface area contributed by atoms with Crippen LogP contribution in [0.4, 0.5) is 5.13 Å². The Kier molecular flexibility index (Phi) is 6.04. The molecule has 0 bridgehead atoms. The van der Waals surface area contributed by atoms with Gasteiger partial charge in [-0.1, -0.05) is 66.7 Å². The summed E-state index contributed by atoms with van der Waals surface area (Å²) in [5, 5.41) is 11.6. The number of fused-ring (bicyclic) bond motifs is 1. The van der Waals surface area contributed by atoms with E-state index < -0.39 is 5.63 Å². The van der Waals surface area contributed by atoms with E-state index in [1.807, 2.05) is 72.8 Å². The lowest BCUT2D eigenvalue weighted by molar-refractivity contribution is 0.303. The van der Waals surface area contributed by atoms with Crippen molar-refractivity contribution in [1.29, 1.82) is 0 Å². The van der Waals surface area contributed by atoms with Crippen LogP contribution in [0.5, 0.6) is 5.75 Å². The summed E-state index contributed by atoms with van der Waals surface area (Å²) in [5.74, 6) is 0.772. The van der Waals surface area contributed by atoms with E-state index >= 15 is 0 Å². The van der Waals surface area contributed by atoms with Gasteiger partial charge in [0.15, 0.2) is 0 Å². The molecular formula is C26H19N3O3S. The van der Waals surface area contributed by atoms with Crippen molar-refractivity contribution in [2.75, 3.05) is 0 Å². The number of hydrogen-bond acceptors (Lipinski definition) is 7. The number of thiazole rings is 1. The Morgan fingerprint density at radius 2 is 1.73 bits per heavy atom. The molecule has 0 fully saturated rings. The molecular weight excluding hydrogens is 434 g/mol. The molecule has 0 aliphatic heterocycles. The van der Waals surface area contributed by atoms with Crippen molar-refractivity contribution in [1.82, 2.24) is 4.98 Å². The molecule has 5 aromatic rings. The Labute approximate surface area is 193 Å². The summed E-state index contributed by atoms with van der Waals surface area (Å²) in [5.41, 5.74) is 3.10. The van der Waals surface area contributed by atoms with Gasteiger partial charge in [-0.2, -0.15) is 5.11 Å². The van der Waals surface area contributed by atoms with Gasteiger partial charge < -0.3 is 9.15 Å². The van der Waals surface area contributed by atoms with Crippen LogP contribution in [0, 0.1) is 0 Å². The smallest absolute Gasteiger partial charge is 0.345 e. The zero-order chi connectivity index (χ0) is 22.5. The number of benzene rings is 3. The van der Waals surface area contributed by atoms with Crippen LogP contribution in [0.15, 0.2) is 110 Å². The lowest BCUT2D eigenvalue weighted by Gasteiger charge is -2.09. The number of para-hydroxylation sites is 2. The fraction of sp³-hybridized carbons (Fsp3) is 0.0769. The summed E-state index contributed by atoms with van der Waals surface area (Å²) < 4.78 is 11.4. The predicted octanol–water partition coefficient (Wildman–Crippen LogP) is 6.78. The number of hydrogen-bond donors (Lipinski definition) is 0. The van der Waals surface area contributed by atoms with Gasteiger partial charge >= 0.3 is 5.63 Å². The van der Waals surface area contributed by atoms with Gasteiger partial charge in [-0.05, 0) is 23.8 Å². The van der Waals surface area contributed by atoms with Crippen molar-refractivity contribution in [3.63, 3.8) is 0 Å². The standard InChI is InChI=1S/C26H19N3O3S/c30-25-21(14-19-10-4-7-13-24(19)32-25)22-17-33-26(28-22)29-27-15-20-11-5-6-12-23(20)31-16-18-8-2-1-3-9-18/h1-14,17H,15-16H2. The molecule has 0 radical (unpaired) electrons. The molecule has 0 saturated heterocycles. The molecule has 0 atom stereocenters. The molecule has 0 amide bonds. The highest BCUT2D eigenvalue weighted by Crippen LogP contribution is 2.28. The van der Waals surface area contributed by atoms with E-state index in [9.17, 15) is 4.79 Å². The lowest BCUT2D eigenvalue weighted by Crippen LogP contribution is -2.02. The number of rotatable bonds is 7. The second kappa shape index (κ2) is 9.58. The van der Waals surface area contributed by atoms with Gasteiger partial charge in [-0.15, -0.1) is 16.5 Å². The van der Waals surface area contributed by atoms with Gasteiger partial charge in [0.1, 0.15) is 17.9 Å². The Morgan fingerprint density at radius 3 is 2.64 bits per heavy atom. The van der Waals surface area contributed by atoms with Crippen molar-refractivity contribution in [2.45, 2.75) is 13.2 Å². The van der Waals surface area contributed by atoms with E-state index in [4.69, 9.17) is 9.15 Å². The third-order valence-electron chi connectivity index (χ3n) is 5.02. The van der Waals surface area contributed by atoms with E-state index in [1.54, 1.807) is 17.5 Å². The van der Waals surface area contributed by atoms with Crippen molar-refractivity contribution >= 4 is 27.4 Å². The van der Waals surface area contributed by atoms with Crippen LogP contribution in [-0.4, -0.2) is 4.98 Å². The first-order chi connectivity index (χ1) is 16.3. The normalized spacial score (nSPS) is 11.3. The molecule has 7 heteroatoms. The minimum Gasteiger partial charge on any atom is -0.489 e. The zero-order valence-electron chi connectivity index (χ0n) is 17.5. The van der Waals surface area contributed by atoms with Crippen LogP contribution in [0.3, 0.4) is 0 Å². The third kappa shape index (κ3) is 4.88. The minimum atomic E-state index is -0.424. The molecule has 2 heterocycles. The van der Waals surface area contributed by atoms with Crippen LogP contribution in [0.2, 0.25) is 0 Å². The Hall–Kier alpha value is -4.10. The summed E-state index contributed by atoms with van der Waals surface area (Å²) in [6.07, 6.45) is 0. The SMILES string of the molecule is O=c1oc2ccccc2cc1-c1csc(N=NCc2ccccc2OCc2ccccc2)n1. The Bertz CT molecular complexity index is 1480. The van der Waals surface area contributed by atoms with Crippen LogP contribution in [0.25, 0.3) is 22.2 Å².